The molecule has 3 nitrogen and oxygen atoms in total. The van der Waals surface area contributed by atoms with Crippen LogP contribution in [0.25, 0.3) is 0 Å². The number of nitrogens with zero attached hydrogens (tertiary/aromatic N) is 1. The number of rotatable bonds is 4. The van der Waals surface area contributed by atoms with Gasteiger partial charge in [0, 0.05) is 13.1 Å². The fourth-order valence-corrected chi connectivity index (χ4v) is 1.15. The molecule has 0 spiro atoms. The van der Waals surface area contributed by atoms with Gasteiger partial charge in [0.15, 0.2) is 11.6 Å². The third kappa shape index (κ3) is 3.06. The number of anilines is 2. The molecule has 84 valence electrons. The average Bonchev–Trinajstić information content (AvgIpc) is 2.17. The van der Waals surface area contributed by atoms with Gasteiger partial charge in [-0.1, -0.05) is 0 Å². The Balaban J connectivity index is 2.71. The van der Waals surface area contributed by atoms with Crippen molar-refractivity contribution in [3.63, 3.8) is 0 Å². The zero-order chi connectivity index (χ0) is 11.4. The molecule has 0 aromatic heterocycles. The predicted octanol–water partition coefficient (Wildman–Crippen LogP) is 1.52. The normalized spacial score (nSPS) is 10.7. The third-order valence-corrected chi connectivity index (χ3v) is 1.99. The topological polar surface area (TPSA) is 41.3 Å². The van der Waals surface area contributed by atoms with Crippen LogP contribution in [-0.4, -0.2) is 32.1 Å². The summed E-state index contributed by atoms with van der Waals surface area (Å²) in [6.07, 6.45) is 0. The van der Waals surface area contributed by atoms with Gasteiger partial charge in [-0.05, 0) is 26.2 Å². The summed E-state index contributed by atoms with van der Waals surface area (Å²) in [6, 6.07) is 2.36. The van der Waals surface area contributed by atoms with E-state index in [1.165, 1.54) is 6.07 Å². The van der Waals surface area contributed by atoms with E-state index < -0.39 is 11.6 Å². The first-order chi connectivity index (χ1) is 7.02. The quantitative estimate of drug-likeness (QED) is 0.748. The van der Waals surface area contributed by atoms with Gasteiger partial charge in [0.1, 0.15) is 0 Å². The first-order valence-corrected chi connectivity index (χ1v) is 4.64. The molecule has 5 heteroatoms. The molecule has 15 heavy (non-hydrogen) atoms. The Kier molecular flexibility index (Phi) is 3.85. The Bertz CT molecular complexity index is 340. The number of nitrogens with two attached hydrogens (primary N) is 1. The molecule has 0 fully saturated rings. The summed E-state index contributed by atoms with van der Waals surface area (Å²) in [5, 5.41) is 2.77. The van der Waals surface area contributed by atoms with E-state index in [4.69, 9.17) is 5.73 Å². The molecule has 1 aromatic rings. The molecule has 1 aromatic carbocycles. The average molecular weight is 215 g/mol. The Labute approximate surface area is 87.9 Å². The largest absolute Gasteiger partial charge is 0.397 e. The van der Waals surface area contributed by atoms with Gasteiger partial charge in [-0.25, -0.2) is 8.78 Å². The molecule has 0 heterocycles. The molecular weight excluding hydrogens is 200 g/mol. The minimum absolute atomic E-state index is 0.0388. The van der Waals surface area contributed by atoms with E-state index in [2.05, 4.69) is 5.32 Å². The van der Waals surface area contributed by atoms with Crippen molar-refractivity contribution in [2.75, 3.05) is 38.2 Å². The van der Waals surface area contributed by atoms with Crippen molar-refractivity contribution in [3.05, 3.63) is 23.8 Å². The summed E-state index contributed by atoms with van der Waals surface area (Å²) < 4.78 is 26.1. The zero-order valence-corrected chi connectivity index (χ0v) is 8.85. The lowest BCUT2D eigenvalue weighted by molar-refractivity contribution is 0.424. The molecule has 0 aliphatic rings. The van der Waals surface area contributed by atoms with E-state index in [9.17, 15) is 8.78 Å². The highest BCUT2D eigenvalue weighted by Gasteiger charge is 2.10. The molecule has 0 unspecified atom stereocenters. The van der Waals surface area contributed by atoms with Gasteiger partial charge in [-0.3, -0.25) is 0 Å². The Morgan fingerprint density at radius 2 is 2.00 bits per heavy atom. The maximum Gasteiger partial charge on any atom is 0.183 e. The number of nitrogens with one attached hydrogen (secondary N) is 1. The van der Waals surface area contributed by atoms with Crippen LogP contribution in [0.5, 0.6) is 0 Å². The lowest BCUT2D eigenvalue weighted by Crippen LogP contribution is -2.21. The molecule has 1 rings (SSSR count). The Morgan fingerprint density at radius 3 is 2.60 bits per heavy atom. The van der Waals surface area contributed by atoms with Crippen molar-refractivity contribution in [2.24, 2.45) is 0 Å². The van der Waals surface area contributed by atoms with Crippen LogP contribution in [0.2, 0.25) is 0 Å². The van der Waals surface area contributed by atoms with Crippen molar-refractivity contribution < 1.29 is 8.78 Å². The van der Waals surface area contributed by atoms with Crippen LogP contribution >= 0.6 is 0 Å². The van der Waals surface area contributed by atoms with Gasteiger partial charge in [0.05, 0.1) is 11.4 Å². The standard InChI is InChI=1S/C10H15F2N3/c1-15(2)6-5-14-10-8(13)4-3-7(11)9(10)12/h3-4,14H,5-6,13H2,1-2H3. The smallest absolute Gasteiger partial charge is 0.183 e. The van der Waals surface area contributed by atoms with Crippen LogP contribution in [0.3, 0.4) is 0 Å². The number of halogens is 2. The SMILES string of the molecule is CN(C)CCNc1c(N)ccc(F)c1F. The van der Waals surface area contributed by atoms with Crippen molar-refractivity contribution in [1.82, 2.24) is 4.90 Å². The van der Waals surface area contributed by atoms with Gasteiger partial charge < -0.3 is 16.0 Å². The van der Waals surface area contributed by atoms with Gasteiger partial charge in [-0.2, -0.15) is 0 Å². The van der Waals surface area contributed by atoms with Gasteiger partial charge in [0.2, 0.25) is 0 Å². The zero-order valence-electron chi connectivity index (χ0n) is 8.85. The summed E-state index contributed by atoms with van der Waals surface area (Å²) in [5.41, 5.74) is 5.78. The van der Waals surface area contributed by atoms with Crippen molar-refractivity contribution in [2.45, 2.75) is 0 Å². The highest BCUT2D eigenvalue weighted by molar-refractivity contribution is 5.66. The van der Waals surface area contributed by atoms with Gasteiger partial charge >= 0.3 is 0 Å². The Morgan fingerprint density at radius 1 is 1.33 bits per heavy atom. The van der Waals surface area contributed by atoms with Crippen LogP contribution in [0, 0.1) is 11.6 Å². The van der Waals surface area contributed by atoms with E-state index in [1.807, 2.05) is 19.0 Å². The molecule has 0 radical (unpaired) electrons. The monoisotopic (exact) mass is 215 g/mol. The van der Waals surface area contributed by atoms with Crippen molar-refractivity contribution in [3.8, 4) is 0 Å². The third-order valence-electron chi connectivity index (χ3n) is 1.99. The van der Waals surface area contributed by atoms with Crippen molar-refractivity contribution in [1.29, 1.82) is 0 Å². The molecule has 0 aliphatic heterocycles. The summed E-state index contributed by atoms with van der Waals surface area (Å²) in [6.45, 7) is 1.23. The highest BCUT2D eigenvalue weighted by Crippen LogP contribution is 2.24. The number of hydrogen-bond acceptors (Lipinski definition) is 3. The lowest BCUT2D eigenvalue weighted by atomic mass is 10.2. The second kappa shape index (κ2) is 4.93. The summed E-state index contributed by atoms with van der Waals surface area (Å²) >= 11 is 0. The molecule has 3 N–H and O–H groups in total. The number of benzene rings is 1. The summed E-state index contributed by atoms with van der Waals surface area (Å²) in [7, 11) is 3.79. The second-order valence-electron chi connectivity index (χ2n) is 3.56. The Hall–Kier alpha value is -1.36. The van der Waals surface area contributed by atoms with E-state index in [0.29, 0.717) is 6.54 Å². The van der Waals surface area contributed by atoms with E-state index >= 15 is 0 Å². The summed E-state index contributed by atoms with van der Waals surface area (Å²) in [5.74, 6) is -1.81. The van der Waals surface area contributed by atoms with E-state index in [0.717, 1.165) is 12.6 Å². The van der Waals surface area contributed by atoms with E-state index in [1.54, 1.807) is 0 Å². The molecule has 0 bridgehead atoms. The van der Waals surface area contributed by atoms with Crippen LogP contribution < -0.4 is 11.1 Å². The molecule has 0 atom stereocenters. The molecule has 0 amide bonds. The predicted molar refractivity (Wildman–Crippen MR) is 57.8 cm³/mol. The van der Waals surface area contributed by atoms with Crippen LogP contribution in [-0.2, 0) is 0 Å². The number of likely N-dealkylation sites (N-methyl/N-ethyl adjacent to an activating group) is 1. The summed E-state index contributed by atoms with van der Waals surface area (Å²) in [4.78, 5) is 1.93. The maximum atomic E-state index is 13.3. The first-order valence-electron chi connectivity index (χ1n) is 4.64. The molecular formula is C10H15F2N3. The maximum absolute atomic E-state index is 13.3. The second-order valence-corrected chi connectivity index (χ2v) is 3.56. The number of nitrogen functional groups attached to an aromatic ring is 1. The first kappa shape index (κ1) is 11.7. The minimum Gasteiger partial charge on any atom is -0.397 e. The lowest BCUT2D eigenvalue weighted by Gasteiger charge is -2.13. The van der Waals surface area contributed by atoms with Gasteiger partial charge in [-0.15, -0.1) is 0 Å². The van der Waals surface area contributed by atoms with E-state index in [-0.39, 0.29) is 11.4 Å². The highest BCUT2D eigenvalue weighted by atomic mass is 19.2. The fourth-order valence-electron chi connectivity index (χ4n) is 1.15. The minimum atomic E-state index is -0.922. The van der Waals surface area contributed by atoms with Gasteiger partial charge in [0.25, 0.3) is 0 Å². The molecule has 0 aliphatic carbocycles. The molecule has 0 saturated heterocycles. The molecule has 0 saturated carbocycles. The van der Waals surface area contributed by atoms with Crippen LogP contribution in [0.15, 0.2) is 12.1 Å². The van der Waals surface area contributed by atoms with Crippen molar-refractivity contribution >= 4 is 11.4 Å². The number of hydrogen-bond donors (Lipinski definition) is 2. The van der Waals surface area contributed by atoms with Crippen LogP contribution in [0.4, 0.5) is 20.2 Å². The van der Waals surface area contributed by atoms with Crippen LogP contribution in [0.1, 0.15) is 0 Å². The fraction of sp³-hybridized carbons (Fsp3) is 0.400.